The zero-order chi connectivity index (χ0) is 13.1. The van der Waals surface area contributed by atoms with Crippen LogP contribution in [0.15, 0.2) is 36.4 Å². The van der Waals surface area contributed by atoms with Gasteiger partial charge in [0.1, 0.15) is 11.6 Å². The van der Waals surface area contributed by atoms with Gasteiger partial charge in [-0.3, -0.25) is 0 Å². The van der Waals surface area contributed by atoms with E-state index in [2.05, 4.69) is 0 Å². The molecule has 0 bridgehead atoms. The summed E-state index contributed by atoms with van der Waals surface area (Å²) in [5, 5.41) is 0.365. The summed E-state index contributed by atoms with van der Waals surface area (Å²) in [5.41, 5.74) is 8.16. The van der Waals surface area contributed by atoms with E-state index in [0.29, 0.717) is 17.1 Å². The summed E-state index contributed by atoms with van der Waals surface area (Å²) in [6.07, 6.45) is 0. The molecule has 0 unspecified atom stereocenters. The zero-order valence-corrected chi connectivity index (χ0v) is 10.7. The maximum absolute atomic E-state index is 13.4. The molecular weight excluding hydrogens is 253 g/mol. The lowest BCUT2D eigenvalue weighted by molar-refractivity contribution is 0.414. The predicted molar refractivity (Wildman–Crippen MR) is 71.3 cm³/mol. The Kier molecular flexibility index (Phi) is 3.84. The highest BCUT2D eigenvalue weighted by Gasteiger charge is 2.08. The van der Waals surface area contributed by atoms with Crippen molar-refractivity contribution in [3.8, 4) is 16.9 Å². The van der Waals surface area contributed by atoms with Crippen molar-refractivity contribution in [2.24, 2.45) is 5.73 Å². The molecule has 0 heterocycles. The molecular formula is C14H13ClFNO. The number of halogens is 2. The van der Waals surface area contributed by atoms with Crippen LogP contribution in [0.4, 0.5) is 4.39 Å². The third kappa shape index (κ3) is 2.63. The normalized spacial score (nSPS) is 10.4. The molecule has 0 spiro atoms. The Hall–Kier alpha value is -1.58. The molecule has 2 aromatic rings. The van der Waals surface area contributed by atoms with Crippen molar-refractivity contribution in [1.29, 1.82) is 0 Å². The standard InChI is InChI=1S/C14H13ClFNO/c1-18-13-2-3-14(10(6-13)8-17)9-4-11(15)7-12(16)5-9/h2-7H,8,17H2,1H3. The minimum Gasteiger partial charge on any atom is -0.497 e. The van der Waals surface area contributed by atoms with E-state index in [1.165, 1.54) is 12.1 Å². The Labute approximate surface area is 110 Å². The second-order valence-corrected chi connectivity index (χ2v) is 4.32. The fraction of sp³-hybridized carbons (Fsp3) is 0.143. The summed E-state index contributed by atoms with van der Waals surface area (Å²) in [5.74, 6) is 0.359. The molecule has 0 radical (unpaired) electrons. The zero-order valence-electron chi connectivity index (χ0n) is 9.91. The maximum Gasteiger partial charge on any atom is 0.125 e. The minimum absolute atomic E-state index is 0.348. The van der Waals surface area contributed by atoms with E-state index < -0.39 is 0 Å². The number of benzene rings is 2. The van der Waals surface area contributed by atoms with Gasteiger partial charge in [-0.05, 0) is 47.0 Å². The number of methoxy groups -OCH3 is 1. The molecule has 18 heavy (non-hydrogen) atoms. The maximum atomic E-state index is 13.4. The largest absolute Gasteiger partial charge is 0.497 e. The lowest BCUT2D eigenvalue weighted by atomic mass is 9.99. The fourth-order valence-corrected chi connectivity index (χ4v) is 2.08. The third-order valence-corrected chi connectivity index (χ3v) is 2.92. The molecule has 2 aromatic carbocycles. The topological polar surface area (TPSA) is 35.2 Å². The van der Waals surface area contributed by atoms with Gasteiger partial charge in [0.25, 0.3) is 0 Å². The van der Waals surface area contributed by atoms with Crippen LogP contribution in [0.25, 0.3) is 11.1 Å². The van der Waals surface area contributed by atoms with Crippen molar-refractivity contribution < 1.29 is 9.13 Å². The highest BCUT2D eigenvalue weighted by molar-refractivity contribution is 6.30. The molecule has 0 aliphatic heterocycles. The summed E-state index contributed by atoms with van der Waals surface area (Å²) in [4.78, 5) is 0. The highest BCUT2D eigenvalue weighted by atomic mass is 35.5. The van der Waals surface area contributed by atoms with E-state index in [9.17, 15) is 4.39 Å². The first-order valence-electron chi connectivity index (χ1n) is 5.47. The van der Waals surface area contributed by atoms with Crippen molar-refractivity contribution in [2.45, 2.75) is 6.54 Å². The first-order valence-corrected chi connectivity index (χ1v) is 5.85. The van der Waals surface area contributed by atoms with Gasteiger partial charge in [-0.1, -0.05) is 17.7 Å². The van der Waals surface area contributed by atoms with Gasteiger partial charge in [-0.25, -0.2) is 4.39 Å². The first-order chi connectivity index (χ1) is 8.63. The van der Waals surface area contributed by atoms with Crippen LogP contribution in [0.2, 0.25) is 5.02 Å². The second kappa shape index (κ2) is 5.38. The number of ether oxygens (including phenoxy) is 1. The molecule has 0 aromatic heterocycles. The van der Waals surface area contributed by atoms with Crippen LogP contribution in [0.3, 0.4) is 0 Å². The first kappa shape index (κ1) is 12.9. The lowest BCUT2D eigenvalue weighted by Crippen LogP contribution is -2.00. The Morgan fingerprint density at radius 1 is 1.22 bits per heavy atom. The molecule has 94 valence electrons. The van der Waals surface area contributed by atoms with Crippen LogP contribution in [0, 0.1) is 5.82 Å². The van der Waals surface area contributed by atoms with Crippen molar-refractivity contribution in [1.82, 2.24) is 0 Å². The molecule has 0 amide bonds. The van der Waals surface area contributed by atoms with Crippen LogP contribution in [0.5, 0.6) is 5.75 Å². The average Bonchev–Trinajstić information content (AvgIpc) is 2.36. The summed E-state index contributed by atoms with van der Waals surface area (Å²) in [6, 6.07) is 9.93. The Bertz CT molecular complexity index is 551. The smallest absolute Gasteiger partial charge is 0.125 e. The molecule has 0 saturated carbocycles. The van der Waals surface area contributed by atoms with E-state index >= 15 is 0 Å². The Morgan fingerprint density at radius 2 is 2.00 bits per heavy atom. The third-order valence-electron chi connectivity index (χ3n) is 2.71. The summed E-state index contributed by atoms with van der Waals surface area (Å²) in [7, 11) is 1.59. The van der Waals surface area contributed by atoms with Crippen molar-refractivity contribution in [3.63, 3.8) is 0 Å². The molecule has 0 aliphatic carbocycles. The summed E-state index contributed by atoms with van der Waals surface area (Å²) in [6.45, 7) is 0.348. The van der Waals surface area contributed by atoms with Crippen molar-refractivity contribution in [2.75, 3.05) is 7.11 Å². The lowest BCUT2D eigenvalue weighted by Gasteiger charge is -2.10. The van der Waals surface area contributed by atoms with E-state index in [0.717, 1.165) is 16.9 Å². The summed E-state index contributed by atoms with van der Waals surface area (Å²) >= 11 is 5.86. The van der Waals surface area contributed by atoms with Gasteiger partial charge in [-0.2, -0.15) is 0 Å². The average molecular weight is 266 g/mol. The molecule has 2 rings (SSSR count). The number of rotatable bonds is 3. The predicted octanol–water partition coefficient (Wildman–Crippen LogP) is 3.61. The van der Waals surface area contributed by atoms with Gasteiger partial charge in [0, 0.05) is 11.6 Å². The Morgan fingerprint density at radius 3 is 2.61 bits per heavy atom. The Balaban J connectivity index is 2.55. The summed E-state index contributed by atoms with van der Waals surface area (Å²) < 4.78 is 18.5. The van der Waals surface area contributed by atoms with Crippen LogP contribution in [0.1, 0.15) is 5.56 Å². The second-order valence-electron chi connectivity index (χ2n) is 3.89. The van der Waals surface area contributed by atoms with Gasteiger partial charge in [0.05, 0.1) is 7.11 Å². The van der Waals surface area contributed by atoms with Gasteiger partial charge in [-0.15, -0.1) is 0 Å². The highest BCUT2D eigenvalue weighted by Crippen LogP contribution is 2.29. The SMILES string of the molecule is COc1ccc(-c2cc(F)cc(Cl)c2)c(CN)c1. The van der Waals surface area contributed by atoms with E-state index in [-0.39, 0.29) is 5.82 Å². The van der Waals surface area contributed by atoms with Gasteiger partial charge >= 0.3 is 0 Å². The molecule has 2 N–H and O–H groups in total. The van der Waals surface area contributed by atoms with E-state index in [4.69, 9.17) is 22.1 Å². The van der Waals surface area contributed by atoms with E-state index in [1.54, 1.807) is 13.2 Å². The molecule has 0 saturated heterocycles. The van der Waals surface area contributed by atoms with E-state index in [1.807, 2.05) is 18.2 Å². The van der Waals surface area contributed by atoms with Gasteiger partial charge in [0.2, 0.25) is 0 Å². The minimum atomic E-state index is -0.365. The van der Waals surface area contributed by atoms with Gasteiger partial charge in [0.15, 0.2) is 0 Å². The van der Waals surface area contributed by atoms with Crippen LogP contribution < -0.4 is 10.5 Å². The quantitative estimate of drug-likeness (QED) is 0.920. The monoisotopic (exact) mass is 265 g/mol. The van der Waals surface area contributed by atoms with Crippen LogP contribution in [-0.4, -0.2) is 7.11 Å². The molecule has 0 atom stereocenters. The number of hydrogen-bond donors (Lipinski definition) is 1. The molecule has 2 nitrogen and oxygen atoms in total. The number of hydrogen-bond acceptors (Lipinski definition) is 2. The van der Waals surface area contributed by atoms with Crippen LogP contribution in [-0.2, 0) is 6.54 Å². The molecule has 0 aliphatic rings. The van der Waals surface area contributed by atoms with Crippen LogP contribution >= 0.6 is 11.6 Å². The fourth-order valence-electron chi connectivity index (χ4n) is 1.86. The molecule has 0 fully saturated rings. The molecule has 4 heteroatoms. The van der Waals surface area contributed by atoms with Crippen molar-refractivity contribution >= 4 is 11.6 Å². The van der Waals surface area contributed by atoms with Crippen molar-refractivity contribution in [3.05, 3.63) is 52.8 Å². The number of nitrogens with two attached hydrogens (primary N) is 1. The van der Waals surface area contributed by atoms with Gasteiger partial charge < -0.3 is 10.5 Å².